The molecule has 0 saturated carbocycles. The van der Waals surface area contributed by atoms with Crippen LogP contribution in [-0.4, -0.2) is 54.5 Å². The number of carbonyl (C=O) groups is 2. The molecule has 27 heavy (non-hydrogen) atoms. The maximum Gasteiger partial charge on any atom is 0.321 e. The van der Waals surface area contributed by atoms with Crippen molar-refractivity contribution in [1.29, 1.82) is 0 Å². The summed E-state index contributed by atoms with van der Waals surface area (Å²) in [5, 5.41) is 5.67. The third-order valence-corrected chi connectivity index (χ3v) is 4.64. The second-order valence-electron chi connectivity index (χ2n) is 6.62. The van der Waals surface area contributed by atoms with Gasteiger partial charge in [-0.1, -0.05) is 30.3 Å². The fraction of sp³-hybridized carbons (Fsp3) is 0.333. The Labute approximate surface area is 160 Å². The number of nitrogens with one attached hydrogen (secondary N) is 2. The summed E-state index contributed by atoms with van der Waals surface area (Å²) in [6, 6.07) is 17.2. The highest BCUT2D eigenvalue weighted by atomic mass is 16.2. The largest absolute Gasteiger partial charge is 0.352 e. The van der Waals surface area contributed by atoms with Crippen molar-refractivity contribution in [2.75, 3.05) is 38.0 Å². The van der Waals surface area contributed by atoms with Crippen molar-refractivity contribution in [3.8, 4) is 0 Å². The van der Waals surface area contributed by atoms with Crippen molar-refractivity contribution in [3.63, 3.8) is 0 Å². The van der Waals surface area contributed by atoms with Crippen molar-refractivity contribution in [3.05, 3.63) is 65.7 Å². The highest BCUT2D eigenvalue weighted by Crippen LogP contribution is 2.13. The molecule has 0 unspecified atom stereocenters. The Morgan fingerprint density at radius 3 is 2.22 bits per heavy atom. The van der Waals surface area contributed by atoms with Gasteiger partial charge in [0.1, 0.15) is 0 Å². The van der Waals surface area contributed by atoms with E-state index in [1.54, 1.807) is 24.3 Å². The maximum atomic E-state index is 12.5. The molecule has 2 aromatic carbocycles. The molecule has 0 radical (unpaired) electrons. The second kappa shape index (κ2) is 9.19. The Hall–Kier alpha value is -2.86. The SMILES string of the molecule is CCNC(=O)c1ccc(NC(=O)N2CCN(Cc3ccccc3)CC2)cc1. The van der Waals surface area contributed by atoms with Gasteiger partial charge in [0.2, 0.25) is 0 Å². The van der Waals surface area contributed by atoms with Crippen molar-refractivity contribution in [2.45, 2.75) is 13.5 Å². The molecule has 0 aliphatic carbocycles. The summed E-state index contributed by atoms with van der Waals surface area (Å²) in [6.45, 7) is 6.51. The Balaban J connectivity index is 1.47. The first-order chi connectivity index (χ1) is 13.2. The standard InChI is InChI=1S/C21H26N4O2/c1-2-22-20(26)18-8-10-19(11-9-18)23-21(27)25-14-12-24(13-15-25)16-17-6-4-3-5-7-17/h3-11H,2,12-16H2,1H3,(H,22,26)(H,23,27). The minimum Gasteiger partial charge on any atom is -0.352 e. The average molecular weight is 366 g/mol. The third kappa shape index (κ3) is 5.31. The van der Waals surface area contributed by atoms with Crippen molar-refractivity contribution in [2.24, 2.45) is 0 Å². The summed E-state index contributed by atoms with van der Waals surface area (Å²) in [4.78, 5) is 28.4. The molecule has 0 spiro atoms. The first kappa shape index (κ1) is 18.9. The molecule has 0 atom stereocenters. The second-order valence-corrected chi connectivity index (χ2v) is 6.62. The summed E-state index contributed by atoms with van der Waals surface area (Å²) in [5.74, 6) is -0.107. The fourth-order valence-corrected chi connectivity index (χ4v) is 3.12. The normalized spacial score (nSPS) is 14.6. The Morgan fingerprint density at radius 2 is 1.59 bits per heavy atom. The van der Waals surface area contributed by atoms with Crippen LogP contribution >= 0.6 is 0 Å². The molecule has 1 saturated heterocycles. The highest BCUT2D eigenvalue weighted by Gasteiger charge is 2.21. The maximum absolute atomic E-state index is 12.5. The Kier molecular flexibility index (Phi) is 6.44. The average Bonchev–Trinajstić information content (AvgIpc) is 2.70. The number of urea groups is 1. The van der Waals surface area contributed by atoms with E-state index in [1.807, 2.05) is 17.9 Å². The number of nitrogens with zero attached hydrogens (tertiary/aromatic N) is 2. The zero-order valence-corrected chi connectivity index (χ0v) is 15.6. The van der Waals surface area contributed by atoms with Crippen LogP contribution in [0.25, 0.3) is 0 Å². The van der Waals surface area contributed by atoms with Crippen molar-refractivity contribution < 1.29 is 9.59 Å². The number of hydrogen-bond acceptors (Lipinski definition) is 3. The molecule has 6 heteroatoms. The number of carbonyl (C=O) groups excluding carboxylic acids is 2. The van der Waals surface area contributed by atoms with E-state index in [9.17, 15) is 9.59 Å². The van der Waals surface area contributed by atoms with Crippen LogP contribution in [0.15, 0.2) is 54.6 Å². The van der Waals surface area contributed by atoms with Crippen LogP contribution in [0.4, 0.5) is 10.5 Å². The predicted octanol–water partition coefficient (Wildman–Crippen LogP) is 2.79. The number of anilines is 1. The lowest BCUT2D eigenvalue weighted by Crippen LogP contribution is -2.49. The predicted molar refractivity (Wildman–Crippen MR) is 107 cm³/mol. The van der Waals surface area contributed by atoms with Crippen LogP contribution in [0.2, 0.25) is 0 Å². The van der Waals surface area contributed by atoms with Gasteiger partial charge in [0.05, 0.1) is 0 Å². The van der Waals surface area contributed by atoms with Gasteiger partial charge in [-0.05, 0) is 36.8 Å². The minimum atomic E-state index is -0.107. The molecular weight excluding hydrogens is 340 g/mol. The van der Waals surface area contributed by atoms with Gasteiger partial charge in [-0.25, -0.2) is 4.79 Å². The zero-order chi connectivity index (χ0) is 19.1. The monoisotopic (exact) mass is 366 g/mol. The van der Waals surface area contributed by atoms with Crippen LogP contribution in [0.5, 0.6) is 0 Å². The summed E-state index contributed by atoms with van der Waals surface area (Å²) in [7, 11) is 0. The number of piperazine rings is 1. The van der Waals surface area contributed by atoms with Crippen LogP contribution in [0.3, 0.4) is 0 Å². The molecule has 1 fully saturated rings. The van der Waals surface area contributed by atoms with E-state index in [0.717, 1.165) is 19.6 Å². The number of rotatable bonds is 5. The number of hydrogen-bond donors (Lipinski definition) is 2. The minimum absolute atomic E-state index is 0.0971. The van der Waals surface area contributed by atoms with Gasteiger partial charge in [-0.15, -0.1) is 0 Å². The lowest BCUT2D eigenvalue weighted by Gasteiger charge is -2.34. The fourth-order valence-electron chi connectivity index (χ4n) is 3.12. The summed E-state index contributed by atoms with van der Waals surface area (Å²) in [5.41, 5.74) is 2.58. The van der Waals surface area contributed by atoms with E-state index in [-0.39, 0.29) is 11.9 Å². The molecule has 3 rings (SSSR count). The molecule has 3 amide bonds. The van der Waals surface area contributed by atoms with Gasteiger partial charge >= 0.3 is 6.03 Å². The zero-order valence-electron chi connectivity index (χ0n) is 15.6. The highest BCUT2D eigenvalue weighted by molar-refractivity contribution is 5.95. The van der Waals surface area contributed by atoms with Gasteiger partial charge < -0.3 is 15.5 Å². The molecule has 2 aromatic rings. The lowest BCUT2D eigenvalue weighted by atomic mass is 10.2. The van der Waals surface area contributed by atoms with Gasteiger partial charge in [0.25, 0.3) is 5.91 Å². The Bertz CT molecular complexity index is 754. The lowest BCUT2D eigenvalue weighted by molar-refractivity contribution is 0.0956. The molecule has 6 nitrogen and oxygen atoms in total. The van der Waals surface area contributed by atoms with E-state index in [4.69, 9.17) is 0 Å². The summed E-state index contributed by atoms with van der Waals surface area (Å²) >= 11 is 0. The van der Waals surface area contributed by atoms with E-state index in [0.29, 0.717) is 30.9 Å². The van der Waals surface area contributed by atoms with Gasteiger partial charge in [-0.2, -0.15) is 0 Å². The van der Waals surface area contributed by atoms with Gasteiger partial charge in [0.15, 0.2) is 0 Å². The van der Waals surface area contributed by atoms with E-state index >= 15 is 0 Å². The molecule has 1 aliphatic heterocycles. The van der Waals surface area contributed by atoms with Crippen LogP contribution in [-0.2, 0) is 6.54 Å². The van der Waals surface area contributed by atoms with E-state index in [1.165, 1.54) is 5.56 Å². The van der Waals surface area contributed by atoms with Crippen LogP contribution < -0.4 is 10.6 Å². The van der Waals surface area contributed by atoms with E-state index < -0.39 is 0 Å². The molecule has 0 bridgehead atoms. The molecule has 2 N–H and O–H groups in total. The first-order valence-electron chi connectivity index (χ1n) is 9.36. The number of benzene rings is 2. The molecule has 1 aliphatic rings. The number of amides is 3. The third-order valence-electron chi connectivity index (χ3n) is 4.64. The van der Waals surface area contributed by atoms with Gasteiger partial charge in [0, 0.05) is 50.5 Å². The summed E-state index contributed by atoms with van der Waals surface area (Å²) in [6.07, 6.45) is 0. The van der Waals surface area contributed by atoms with Crippen LogP contribution in [0.1, 0.15) is 22.8 Å². The summed E-state index contributed by atoms with van der Waals surface area (Å²) < 4.78 is 0. The van der Waals surface area contributed by atoms with E-state index in [2.05, 4.69) is 39.8 Å². The quantitative estimate of drug-likeness (QED) is 0.855. The first-order valence-corrected chi connectivity index (χ1v) is 9.36. The topological polar surface area (TPSA) is 64.7 Å². The molecule has 1 heterocycles. The van der Waals surface area contributed by atoms with Crippen molar-refractivity contribution >= 4 is 17.6 Å². The smallest absolute Gasteiger partial charge is 0.321 e. The molecule has 0 aromatic heterocycles. The van der Waals surface area contributed by atoms with Crippen LogP contribution in [0, 0.1) is 0 Å². The molecular formula is C21H26N4O2. The molecule has 142 valence electrons. The van der Waals surface area contributed by atoms with Gasteiger partial charge in [-0.3, -0.25) is 9.69 Å². The van der Waals surface area contributed by atoms with Crippen molar-refractivity contribution in [1.82, 2.24) is 15.1 Å². The Morgan fingerprint density at radius 1 is 0.926 bits per heavy atom.